The second-order valence-electron chi connectivity index (χ2n) is 5.82. The van der Waals surface area contributed by atoms with Gasteiger partial charge in [0, 0.05) is 37.3 Å². The number of hydrogen-bond donors (Lipinski definition) is 1. The number of methoxy groups -OCH3 is 2. The van der Waals surface area contributed by atoms with Gasteiger partial charge in [0.25, 0.3) is 0 Å². The highest BCUT2D eigenvalue weighted by Crippen LogP contribution is 2.34. The first kappa shape index (κ1) is 17.6. The molecular formula is C17H26N2O4. The van der Waals surface area contributed by atoms with E-state index < -0.39 is 12.0 Å². The van der Waals surface area contributed by atoms with Gasteiger partial charge in [0.2, 0.25) is 0 Å². The van der Waals surface area contributed by atoms with Crippen molar-refractivity contribution < 1.29 is 19.4 Å². The molecule has 6 heteroatoms. The third kappa shape index (κ3) is 3.76. The first-order valence-electron chi connectivity index (χ1n) is 7.94. The Hall–Kier alpha value is -1.79. The summed E-state index contributed by atoms with van der Waals surface area (Å²) >= 11 is 0. The summed E-state index contributed by atoms with van der Waals surface area (Å²) in [6.07, 6.45) is 0. The Balaban J connectivity index is 2.31. The van der Waals surface area contributed by atoms with Crippen LogP contribution in [0.1, 0.15) is 25.5 Å². The van der Waals surface area contributed by atoms with Crippen molar-refractivity contribution in [3.63, 3.8) is 0 Å². The van der Waals surface area contributed by atoms with Gasteiger partial charge < -0.3 is 14.6 Å². The summed E-state index contributed by atoms with van der Waals surface area (Å²) in [7, 11) is 3.13. The molecule has 0 amide bonds. The number of carboxylic acids is 1. The molecule has 2 rings (SSSR count). The third-order valence-corrected chi connectivity index (χ3v) is 4.54. The molecule has 1 aliphatic rings. The van der Waals surface area contributed by atoms with Gasteiger partial charge in [0.1, 0.15) is 17.5 Å². The van der Waals surface area contributed by atoms with Gasteiger partial charge in [-0.05, 0) is 25.6 Å². The van der Waals surface area contributed by atoms with Crippen molar-refractivity contribution in [1.29, 1.82) is 0 Å². The van der Waals surface area contributed by atoms with Gasteiger partial charge >= 0.3 is 5.97 Å². The molecule has 128 valence electrons. The summed E-state index contributed by atoms with van der Waals surface area (Å²) in [4.78, 5) is 16.3. The van der Waals surface area contributed by atoms with Gasteiger partial charge in [-0.3, -0.25) is 14.6 Å². The van der Waals surface area contributed by atoms with Crippen LogP contribution in [0.15, 0.2) is 18.2 Å². The predicted octanol–water partition coefficient (Wildman–Crippen LogP) is 1.86. The van der Waals surface area contributed by atoms with Crippen molar-refractivity contribution in [2.45, 2.75) is 25.9 Å². The molecule has 2 atom stereocenters. The second-order valence-corrected chi connectivity index (χ2v) is 5.82. The molecule has 1 aromatic rings. The number of hydrogen-bond acceptors (Lipinski definition) is 5. The van der Waals surface area contributed by atoms with E-state index in [9.17, 15) is 9.90 Å². The van der Waals surface area contributed by atoms with Crippen molar-refractivity contribution >= 4 is 5.97 Å². The average Bonchev–Trinajstić information content (AvgIpc) is 2.55. The number of benzene rings is 1. The highest BCUT2D eigenvalue weighted by Gasteiger charge is 2.34. The predicted molar refractivity (Wildman–Crippen MR) is 88.2 cm³/mol. The first-order chi connectivity index (χ1) is 11.0. The van der Waals surface area contributed by atoms with E-state index in [0.717, 1.165) is 26.2 Å². The van der Waals surface area contributed by atoms with E-state index >= 15 is 0 Å². The number of carboxylic acid groups (broad SMARTS) is 1. The summed E-state index contributed by atoms with van der Waals surface area (Å²) in [5.74, 6) is 0.340. The number of likely N-dealkylation sites (N-methyl/N-ethyl adjacent to an activating group) is 1. The quantitative estimate of drug-likeness (QED) is 0.862. The molecule has 0 spiro atoms. The summed E-state index contributed by atoms with van der Waals surface area (Å²) in [6, 6.07) is 4.92. The van der Waals surface area contributed by atoms with Crippen LogP contribution in [0.4, 0.5) is 0 Å². The van der Waals surface area contributed by atoms with Crippen molar-refractivity contribution in [1.82, 2.24) is 9.80 Å². The number of nitrogens with zero attached hydrogens (tertiary/aromatic N) is 2. The Labute approximate surface area is 137 Å². The van der Waals surface area contributed by atoms with Crippen LogP contribution in [-0.2, 0) is 4.79 Å². The molecular weight excluding hydrogens is 296 g/mol. The van der Waals surface area contributed by atoms with Crippen LogP contribution < -0.4 is 9.47 Å². The topological polar surface area (TPSA) is 62.2 Å². The van der Waals surface area contributed by atoms with Gasteiger partial charge in [0.05, 0.1) is 14.2 Å². The maximum atomic E-state index is 11.9. The molecule has 1 aromatic carbocycles. The lowest BCUT2D eigenvalue weighted by molar-refractivity contribution is -0.145. The molecule has 0 saturated carbocycles. The van der Waals surface area contributed by atoms with E-state index in [-0.39, 0.29) is 0 Å². The van der Waals surface area contributed by atoms with Crippen molar-refractivity contribution in [3.05, 3.63) is 23.8 Å². The van der Waals surface area contributed by atoms with Crippen LogP contribution in [-0.4, -0.2) is 67.3 Å². The Kier molecular flexibility index (Phi) is 5.85. The molecule has 0 aromatic heterocycles. The fraction of sp³-hybridized carbons (Fsp3) is 0.588. The van der Waals surface area contributed by atoms with Crippen LogP contribution in [0.25, 0.3) is 0 Å². The molecule has 6 nitrogen and oxygen atoms in total. The maximum absolute atomic E-state index is 11.9. The molecule has 23 heavy (non-hydrogen) atoms. The van der Waals surface area contributed by atoms with E-state index in [2.05, 4.69) is 18.7 Å². The van der Waals surface area contributed by atoms with Crippen molar-refractivity contribution in [2.75, 3.05) is 40.4 Å². The minimum atomic E-state index is -0.856. The molecule has 2 unspecified atom stereocenters. The number of piperazine rings is 1. The molecule has 1 saturated heterocycles. The smallest absolute Gasteiger partial charge is 0.325 e. The lowest BCUT2D eigenvalue weighted by Gasteiger charge is -2.41. The molecule has 1 heterocycles. The summed E-state index contributed by atoms with van der Waals surface area (Å²) < 4.78 is 10.6. The molecule has 0 bridgehead atoms. The van der Waals surface area contributed by atoms with Crippen LogP contribution in [0.3, 0.4) is 0 Å². The normalized spacial score (nSPS) is 21.0. The van der Waals surface area contributed by atoms with Crippen molar-refractivity contribution in [3.8, 4) is 11.5 Å². The highest BCUT2D eigenvalue weighted by molar-refractivity contribution is 5.77. The van der Waals surface area contributed by atoms with E-state index in [0.29, 0.717) is 23.1 Å². The third-order valence-electron chi connectivity index (χ3n) is 4.54. The maximum Gasteiger partial charge on any atom is 0.325 e. The zero-order valence-electron chi connectivity index (χ0n) is 14.3. The number of aliphatic carboxylic acids is 1. The Bertz CT molecular complexity index is 549. The monoisotopic (exact) mass is 322 g/mol. The summed E-state index contributed by atoms with van der Waals surface area (Å²) in [5, 5.41) is 9.79. The molecule has 1 fully saturated rings. The Morgan fingerprint density at radius 3 is 2.61 bits per heavy atom. The van der Waals surface area contributed by atoms with Crippen LogP contribution >= 0.6 is 0 Å². The number of carbonyl (C=O) groups is 1. The van der Waals surface area contributed by atoms with E-state index in [1.54, 1.807) is 32.4 Å². The first-order valence-corrected chi connectivity index (χ1v) is 7.94. The van der Waals surface area contributed by atoms with Gasteiger partial charge in [-0.2, -0.15) is 0 Å². The lowest BCUT2D eigenvalue weighted by Crippen LogP contribution is -2.53. The summed E-state index contributed by atoms with van der Waals surface area (Å²) in [5.41, 5.74) is 0.665. The largest absolute Gasteiger partial charge is 0.497 e. The molecule has 0 radical (unpaired) electrons. The van der Waals surface area contributed by atoms with Crippen LogP contribution in [0, 0.1) is 0 Å². The zero-order valence-corrected chi connectivity index (χ0v) is 14.3. The van der Waals surface area contributed by atoms with E-state index in [4.69, 9.17) is 9.47 Å². The molecule has 1 N–H and O–H groups in total. The zero-order chi connectivity index (χ0) is 17.0. The molecule has 1 aliphatic heterocycles. The average molecular weight is 322 g/mol. The van der Waals surface area contributed by atoms with Gasteiger partial charge in [-0.25, -0.2) is 0 Å². The second kappa shape index (κ2) is 7.66. The molecule has 0 aliphatic carbocycles. The van der Waals surface area contributed by atoms with Gasteiger partial charge in [0.15, 0.2) is 0 Å². The minimum absolute atomic E-state index is 0.333. The Morgan fingerprint density at radius 1 is 1.35 bits per heavy atom. The van der Waals surface area contributed by atoms with E-state index in [1.807, 2.05) is 4.90 Å². The number of rotatable bonds is 6. The standard InChI is InChI=1S/C17H26N2O4/c1-5-18-8-9-19(11-12(18)2)16(17(20)21)14-7-6-13(22-3)10-15(14)23-4/h6-7,10,12,16H,5,8-9,11H2,1-4H3,(H,20,21). The Morgan fingerprint density at radius 2 is 2.09 bits per heavy atom. The summed E-state index contributed by atoms with van der Waals surface area (Å²) in [6.45, 7) is 7.58. The van der Waals surface area contributed by atoms with Gasteiger partial charge in [-0.15, -0.1) is 0 Å². The fourth-order valence-corrected chi connectivity index (χ4v) is 3.26. The van der Waals surface area contributed by atoms with E-state index in [1.165, 1.54) is 0 Å². The van der Waals surface area contributed by atoms with Crippen LogP contribution in [0.5, 0.6) is 11.5 Å². The minimum Gasteiger partial charge on any atom is -0.497 e. The SMILES string of the molecule is CCN1CCN(C(C(=O)O)c2ccc(OC)cc2OC)CC1C. The lowest BCUT2D eigenvalue weighted by atomic mass is 10.0. The van der Waals surface area contributed by atoms with Crippen molar-refractivity contribution in [2.24, 2.45) is 0 Å². The fourth-order valence-electron chi connectivity index (χ4n) is 3.26. The van der Waals surface area contributed by atoms with Crippen LogP contribution in [0.2, 0.25) is 0 Å². The number of ether oxygens (including phenoxy) is 2. The van der Waals surface area contributed by atoms with Gasteiger partial charge in [-0.1, -0.05) is 6.92 Å². The highest BCUT2D eigenvalue weighted by atomic mass is 16.5.